The van der Waals surface area contributed by atoms with E-state index in [0.29, 0.717) is 17.2 Å². The van der Waals surface area contributed by atoms with Crippen LogP contribution in [0.4, 0.5) is 10.1 Å². The molecule has 26 heavy (non-hydrogen) atoms. The normalized spacial score (nSPS) is 10.2. The van der Waals surface area contributed by atoms with Crippen LogP contribution in [-0.4, -0.2) is 13.0 Å². The van der Waals surface area contributed by atoms with Crippen molar-refractivity contribution in [2.75, 3.05) is 12.4 Å². The first-order valence-electron chi connectivity index (χ1n) is 8.09. The topological polar surface area (TPSA) is 47.6 Å². The molecule has 0 bridgehead atoms. The number of carbonyl (C=O) groups excluding carboxylic acids is 1. The number of methoxy groups -OCH3 is 1. The predicted molar refractivity (Wildman–Crippen MR) is 98.2 cm³/mol. The number of hydrogen-bond acceptors (Lipinski definition) is 3. The number of carbonyl (C=O) groups is 1. The van der Waals surface area contributed by atoms with Gasteiger partial charge in [0.1, 0.15) is 17.3 Å². The van der Waals surface area contributed by atoms with Gasteiger partial charge in [-0.05, 0) is 42.0 Å². The fourth-order valence-corrected chi connectivity index (χ4v) is 2.44. The summed E-state index contributed by atoms with van der Waals surface area (Å²) in [7, 11) is 1.59. The number of anilines is 1. The Morgan fingerprint density at radius 3 is 2.46 bits per heavy atom. The first kappa shape index (κ1) is 17.5. The lowest BCUT2D eigenvalue weighted by Gasteiger charge is -2.12. The molecule has 0 saturated heterocycles. The summed E-state index contributed by atoms with van der Waals surface area (Å²) in [5.41, 5.74) is 1.39. The minimum absolute atomic E-state index is 0.176. The van der Waals surface area contributed by atoms with Crippen LogP contribution < -0.4 is 14.8 Å². The average Bonchev–Trinajstić information content (AvgIpc) is 2.64. The first-order valence-corrected chi connectivity index (χ1v) is 8.09. The van der Waals surface area contributed by atoms with Gasteiger partial charge in [-0.3, -0.25) is 4.79 Å². The van der Waals surface area contributed by atoms with E-state index in [0.717, 1.165) is 11.3 Å². The van der Waals surface area contributed by atoms with E-state index in [-0.39, 0.29) is 18.1 Å². The Bertz CT molecular complexity index is 894. The van der Waals surface area contributed by atoms with E-state index in [4.69, 9.17) is 9.47 Å². The van der Waals surface area contributed by atoms with E-state index in [2.05, 4.69) is 5.32 Å². The van der Waals surface area contributed by atoms with Crippen LogP contribution in [0.25, 0.3) is 0 Å². The Balaban J connectivity index is 1.70. The second kappa shape index (κ2) is 8.16. The SMILES string of the molecule is COc1ccc(CC(=O)Nc2ccccc2Oc2cccc(F)c2)cc1. The second-order valence-corrected chi connectivity index (χ2v) is 5.63. The number of hydrogen-bond donors (Lipinski definition) is 1. The quantitative estimate of drug-likeness (QED) is 0.693. The second-order valence-electron chi connectivity index (χ2n) is 5.63. The highest BCUT2D eigenvalue weighted by atomic mass is 19.1. The molecule has 3 rings (SSSR count). The molecule has 1 amide bonds. The molecule has 0 atom stereocenters. The third-order valence-electron chi connectivity index (χ3n) is 3.71. The Morgan fingerprint density at radius 2 is 1.73 bits per heavy atom. The zero-order chi connectivity index (χ0) is 18.4. The van der Waals surface area contributed by atoms with Crippen LogP contribution in [0.5, 0.6) is 17.2 Å². The summed E-state index contributed by atoms with van der Waals surface area (Å²) in [6.07, 6.45) is 0.221. The van der Waals surface area contributed by atoms with E-state index in [9.17, 15) is 9.18 Å². The van der Waals surface area contributed by atoms with Crippen LogP contribution in [0.2, 0.25) is 0 Å². The van der Waals surface area contributed by atoms with Gasteiger partial charge in [0.25, 0.3) is 0 Å². The van der Waals surface area contributed by atoms with Gasteiger partial charge in [-0.1, -0.05) is 30.3 Å². The van der Waals surface area contributed by atoms with E-state index in [1.54, 1.807) is 43.5 Å². The van der Waals surface area contributed by atoms with Crippen molar-refractivity contribution in [3.8, 4) is 17.2 Å². The summed E-state index contributed by atoms with van der Waals surface area (Å²) in [5.74, 6) is 0.986. The smallest absolute Gasteiger partial charge is 0.228 e. The number of benzene rings is 3. The monoisotopic (exact) mass is 351 g/mol. The highest BCUT2D eigenvalue weighted by molar-refractivity contribution is 5.93. The summed E-state index contributed by atoms with van der Waals surface area (Å²) >= 11 is 0. The molecule has 132 valence electrons. The lowest BCUT2D eigenvalue weighted by atomic mass is 10.1. The highest BCUT2D eigenvalue weighted by Crippen LogP contribution is 2.29. The average molecular weight is 351 g/mol. The zero-order valence-corrected chi connectivity index (χ0v) is 14.2. The summed E-state index contributed by atoms with van der Waals surface area (Å²) in [5, 5.41) is 2.83. The Hall–Kier alpha value is -3.34. The summed E-state index contributed by atoms with van der Waals surface area (Å²) in [4.78, 5) is 12.3. The molecule has 0 aromatic heterocycles. The highest BCUT2D eigenvalue weighted by Gasteiger charge is 2.10. The van der Waals surface area contributed by atoms with Crippen molar-refractivity contribution in [3.05, 3.63) is 84.2 Å². The van der Waals surface area contributed by atoms with Crippen LogP contribution in [0.15, 0.2) is 72.8 Å². The minimum atomic E-state index is -0.386. The molecule has 0 spiro atoms. The van der Waals surface area contributed by atoms with Gasteiger partial charge < -0.3 is 14.8 Å². The van der Waals surface area contributed by atoms with Gasteiger partial charge in [0, 0.05) is 6.07 Å². The molecule has 3 aromatic carbocycles. The van der Waals surface area contributed by atoms with Crippen LogP contribution in [0.1, 0.15) is 5.56 Å². The zero-order valence-electron chi connectivity index (χ0n) is 14.2. The molecule has 5 heteroatoms. The van der Waals surface area contributed by atoms with Gasteiger partial charge in [-0.2, -0.15) is 0 Å². The Labute approximate surface area is 151 Å². The number of rotatable bonds is 6. The summed E-state index contributed by atoms with van der Waals surface area (Å²) in [6, 6.07) is 20.2. The fourth-order valence-electron chi connectivity index (χ4n) is 2.44. The van der Waals surface area contributed by atoms with Crippen molar-refractivity contribution in [2.45, 2.75) is 6.42 Å². The van der Waals surface area contributed by atoms with E-state index < -0.39 is 0 Å². The number of para-hydroxylation sites is 2. The molecule has 0 aliphatic heterocycles. The van der Waals surface area contributed by atoms with Crippen molar-refractivity contribution in [1.29, 1.82) is 0 Å². The molecule has 0 aliphatic carbocycles. The largest absolute Gasteiger partial charge is 0.497 e. The molecule has 0 heterocycles. The molecule has 4 nitrogen and oxygen atoms in total. The first-order chi connectivity index (χ1) is 12.6. The fraction of sp³-hybridized carbons (Fsp3) is 0.0952. The molecular weight excluding hydrogens is 333 g/mol. The van der Waals surface area contributed by atoms with E-state index in [1.165, 1.54) is 12.1 Å². The van der Waals surface area contributed by atoms with Crippen molar-refractivity contribution in [2.24, 2.45) is 0 Å². The molecule has 0 saturated carbocycles. The lowest BCUT2D eigenvalue weighted by molar-refractivity contribution is -0.115. The third kappa shape index (κ3) is 4.60. The number of nitrogens with one attached hydrogen (secondary N) is 1. The van der Waals surface area contributed by atoms with Gasteiger partial charge in [-0.15, -0.1) is 0 Å². The van der Waals surface area contributed by atoms with Crippen molar-refractivity contribution < 1.29 is 18.7 Å². The number of halogens is 1. The molecule has 3 aromatic rings. The molecule has 0 aliphatic rings. The van der Waals surface area contributed by atoms with Crippen LogP contribution >= 0.6 is 0 Å². The number of amides is 1. The standard InChI is InChI=1S/C21H18FNO3/c1-25-17-11-9-15(10-12-17)13-21(24)23-19-7-2-3-8-20(19)26-18-6-4-5-16(22)14-18/h2-12,14H,13H2,1H3,(H,23,24). The lowest BCUT2D eigenvalue weighted by Crippen LogP contribution is -2.14. The molecule has 1 N–H and O–H groups in total. The van der Waals surface area contributed by atoms with E-state index in [1.807, 2.05) is 24.3 Å². The van der Waals surface area contributed by atoms with Crippen LogP contribution in [0.3, 0.4) is 0 Å². The molecular formula is C21H18FNO3. The summed E-state index contributed by atoms with van der Waals surface area (Å²) < 4.78 is 24.1. The van der Waals surface area contributed by atoms with Crippen molar-refractivity contribution in [1.82, 2.24) is 0 Å². The van der Waals surface area contributed by atoms with E-state index >= 15 is 0 Å². The summed E-state index contributed by atoms with van der Waals surface area (Å²) in [6.45, 7) is 0. The third-order valence-corrected chi connectivity index (χ3v) is 3.71. The number of ether oxygens (including phenoxy) is 2. The van der Waals surface area contributed by atoms with Crippen LogP contribution in [0, 0.1) is 5.82 Å². The Kier molecular flexibility index (Phi) is 5.49. The van der Waals surface area contributed by atoms with Crippen LogP contribution in [-0.2, 0) is 11.2 Å². The molecule has 0 unspecified atom stereocenters. The minimum Gasteiger partial charge on any atom is -0.497 e. The van der Waals surface area contributed by atoms with Gasteiger partial charge >= 0.3 is 0 Å². The maximum atomic E-state index is 13.3. The van der Waals surface area contributed by atoms with Gasteiger partial charge in [0.2, 0.25) is 5.91 Å². The molecule has 0 radical (unpaired) electrons. The van der Waals surface area contributed by atoms with Gasteiger partial charge in [-0.25, -0.2) is 4.39 Å². The van der Waals surface area contributed by atoms with Crippen molar-refractivity contribution >= 4 is 11.6 Å². The maximum Gasteiger partial charge on any atom is 0.228 e. The predicted octanol–water partition coefficient (Wildman–Crippen LogP) is 4.81. The van der Waals surface area contributed by atoms with Gasteiger partial charge in [0.05, 0.1) is 19.2 Å². The van der Waals surface area contributed by atoms with Crippen molar-refractivity contribution in [3.63, 3.8) is 0 Å². The van der Waals surface area contributed by atoms with Gasteiger partial charge in [0.15, 0.2) is 5.75 Å². The molecule has 0 fully saturated rings. The Morgan fingerprint density at radius 1 is 0.962 bits per heavy atom. The maximum absolute atomic E-state index is 13.3.